The van der Waals surface area contributed by atoms with E-state index in [0.29, 0.717) is 5.75 Å². The molecule has 18 heteroatoms. The number of allylic oxidation sites excluding steroid dienone is 15. The first kappa shape index (κ1) is 112. The predicted molar refractivity (Wildman–Crippen MR) is 581 cm³/mol. The number of phenolic OH excluding ortho intramolecular Hbond substituents is 1. The molecule has 0 fully saturated rings. The fourth-order valence-corrected chi connectivity index (χ4v) is 25.2. The molecule has 128 heavy (non-hydrogen) atoms. The second-order valence-electron chi connectivity index (χ2n) is 34.8. The van der Waals surface area contributed by atoms with Gasteiger partial charge in [0.15, 0.2) is 11.4 Å². The zero-order valence-corrected chi connectivity index (χ0v) is 90.0. The average molecular weight is 2110 g/mol. The highest BCUT2D eigenvalue weighted by atomic mass is 127. The second kappa shape index (κ2) is 58.2. The minimum Gasteiger partial charge on any atom is -1.00 e. The number of halogens is 2. The van der Waals surface area contributed by atoms with Gasteiger partial charge in [0.25, 0.3) is 0 Å². The fourth-order valence-electron chi connectivity index (χ4n) is 18.0. The molecule has 0 bridgehead atoms. The van der Waals surface area contributed by atoms with Crippen molar-refractivity contribution in [2.45, 2.75) is 212 Å². The molecule has 12 rings (SSSR count). The van der Waals surface area contributed by atoms with Gasteiger partial charge in [-0.3, -0.25) is 0 Å². The van der Waals surface area contributed by atoms with Crippen LogP contribution in [-0.2, 0) is 21.7 Å². The smallest absolute Gasteiger partial charge is 0.209 e. The Kier molecular flexibility index (Phi) is 51.1. The second-order valence-corrected chi connectivity index (χ2v) is 45.2. The first-order chi connectivity index (χ1) is 60.2. The molecule has 6 aromatic rings. The van der Waals surface area contributed by atoms with Crippen LogP contribution in [0.2, 0.25) is 0 Å². The predicted octanol–water partition coefficient (Wildman–Crippen LogP) is 24.0. The number of benzene rings is 6. The molecular weight excluding hydrogens is 1950 g/mol. The molecule has 8 nitrogen and oxygen atoms in total. The highest BCUT2D eigenvalue weighted by Crippen LogP contribution is 2.51. The van der Waals surface area contributed by atoms with Crippen molar-refractivity contribution >= 4 is 140 Å². The molecule has 2 aliphatic carbocycles. The van der Waals surface area contributed by atoms with Crippen molar-refractivity contribution in [1.82, 2.24) is 0 Å². The average Bonchev–Trinajstić information content (AvgIpc) is 1.61. The zero-order valence-electron chi connectivity index (χ0n) is 79.2. The van der Waals surface area contributed by atoms with Crippen molar-refractivity contribution in [2.75, 3.05) is 164 Å². The number of aromatic hydroxyl groups is 1. The van der Waals surface area contributed by atoms with E-state index in [1.54, 1.807) is 12.1 Å². The maximum absolute atomic E-state index is 9.50. The van der Waals surface area contributed by atoms with E-state index in [-0.39, 0.29) is 84.5 Å². The third-order valence-corrected chi connectivity index (χ3v) is 33.0. The molecule has 0 radical (unpaired) electrons. The lowest BCUT2D eigenvalue weighted by Crippen LogP contribution is -3.00. The summed E-state index contributed by atoms with van der Waals surface area (Å²) in [7, 11) is 0. The summed E-state index contributed by atoms with van der Waals surface area (Å²) in [4.78, 5) is 10.1. The fraction of sp³-hybridized carbons (Fsp3) is 0.509. The van der Waals surface area contributed by atoms with E-state index in [9.17, 15) is 5.11 Å². The van der Waals surface area contributed by atoms with Gasteiger partial charge in [0.05, 0.1) is 10.8 Å². The summed E-state index contributed by atoms with van der Waals surface area (Å²) in [5.41, 5.74) is 24.5. The largest absolute Gasteiger partial charge is 1.00 e. The van der Waals surface area contributed by atoms with E-state index in [4.69, 9.17) is 4.74 Å². The summed E-state index contributed by atoms with van der Waals surface area (Å²) in [6.07, 6.45) is 32.7. The highest BCUT2D eigenvalue weighted by molar-refractivity contribution is 8.04. The molecule has 6 aliphatic rings. The summed E-state index contributed by atoms with van der Waals surface area (Å²) < 4.78 is 12.2. The van der Waals surface area contributed by atoms with Crippen molar-refractivity contribution < 1.29 is 66.9 Å². The molecule has 702 valence electrons. The van der Waals surface area contributed by atoms with Gasteiger partial charge in [-0.15, -0.1) is 0 Å². The normalized spacial score (nSPS) is 17.3. The van der Waals surface area contributed by atoms with Gasteiger partial charge in [-0.2, -0.15) is 103 Å². The topological polar surface area (TPSA) is 48.4 Å². The molecule has 0 amide bonds. The van der Waals surface area contributed by atoms with Gasteiger partial charge in [0, 0.05) is 202 Å². The Labute approximate surface area is 847 Å². The summed E-state index contributed by atoms with van der Waals surface area (Å²) >= 11 is 16.4. The third kappa shape index (κ3) is 30.8. The number of hydrogen-bond donors (Lipinski definition) is 1. The maximum Gasteiger partial charge on any atom is 0.209 e. The molecule has 0 aromatic heterocycles. The highest BCUT2D eigenvalue weighted by Gasteiger charge is 2.46. The number of ether oxygens (including phenoxy) is 1. The molecule has 4 heterocycles. The summed E-state index contributed by atoms with van der Waals surface area (Å²) in [5, 5.41) is 9.50. The Morgan fingerprint density at radius 3 is 1.20 bits per heavy atom. The standard InChI is InChI=1S/C54H74N3OS4.C36H45N2.C18H31NOS4.2CH4.2HI/c1-9-32-56-48-22-15-13-20-46(48)53(5,6)50(56)30-24-42-18-17-19-43(25-31-51-54(7,8)47-21-14-16-23-49(47)57(51)33-10-2)52(42)58-45-28-26-44(27-29-45)55(34-36-61-40-38-59-11-3)35-37-62-41-39-60-12-4;1-7-24-37-31-18-11-9-16-29(31)35(3,4)33(37)22-20-27-14-13-15-28(26-27)21-23-34-36(5,6)30-17-10-12-19-32(30)38(34)25-8-2;1-3-21-13-15-23-11-9-19(10-12-24-16-14-22-4-2)17-5-7-18(20)8-6-17;;;;/h13-16,20-31H,9-12,17-19,32-41H2,1-8H3;9-12,16-23,26H,7-8,13-15,24-25H2,1-6H3;5-8,20H,3-4,9-16H2,1-2H3;2*1H4;2*1H/q2*+1;;;;;/p-2. The number of anilines is 4. The molecule has 0 unspecified atom stereocenters. The Morgan fingerprint density at radius 1 is 0.391 bits per heavy atom. The lowest BCUT2D eigenvalue weighted by atomic mass is 9.81. The maximum atomic E-state index is 9.50. The Bertz CT molecular complexity index is 4660. The van der Waals surface area contributed by atoms with Crippen LogP contribution in [0.5, 0.6) is 11.5 Å². The van der Waals surface area contributed by atoms with Gasteiger partial charge in [-0.1, -0.05) is 195 Å². The minimum absolute atomic E-state index is 0. The van der Waals surface area contributed by atoms with Gasteiger partial charge in [0.2, 0.25) is 11.4 Å². The zero-order chi connectivity index (χ0) is 88.3. The SMILES string of the molecule is C.C.CCCN1/C(=C/C=C2C=C(/C=C/C3=[N+](CCC)c4ccccc4C3(C)C)CCC/2)C(C)(C)c2ccccc21.CCCN1/C(=C/C=C2\CCCC(/C=C/C3=[N+](CCC)c4ccccc4C3(C)C)=C2Oc2ccc(N(CCSCCSCC)CCSCCSCC)cc2)C(C)(C)c2ccccc21.CCSCCSCCN(CCSCCSCC)c1ccc(O)cc1.[I-].[I-]. The lowest BCUT2D eigenvalue weighted by molar-refractivity contribution is -0.437. The first-order valence-corrected chi connectivity index (χ1v) is 56.0. The van der Waals surface area contributed by atoms with Crippen LogP contribution in [0, 0.1) is 0 Å². The number of hydrogen-bond acceptors (Lipinski definition) is 14. The Morgan fingerprint density at radius 2 is 0.773 bits per heavy atom. The van der Waals surface area contributed by atoms with Crippen LogP contribution in [0.3, 0.4) is 0 Å². The summed E-state index contributed by atoms with van der Waals surface area (Å²) in [6.45, 7) is 45.5. The molecular formula is C110H158I2N6O2S8. The third-order valence-electron chi connectivity index (χ3n) is 24.5. The van der Waals surface area contributed by atoms with Crippen LogP contribution in [0.15, 0.2) is 240 Å². The lowest BCUT2D eigenvalue weighted by Gasteiger charge is -2.27. The van der Waals surface area contributed by atoms with E-state index in [2.05, 4.69) is 339 Å². The van der Waals surface area contributed by atoms with E-state index in [0.717, 1.165) is 133 Å². The summed E-state index contributed by atoms with van der Waals surface area (Å²) in [5.74, 6) is 21.7. The van der Waals surface area contributed by atoms with E-state index in [1.807, 2.05) is 82.7 Å². The van der Waals surface area contributed by atoms with Crippen LogP contribution in [0.4, 0.5) is 34.1 Å². The Balaban J connectivity index is 0.000000325. The van der Waals surface area contributed by atoms with E-state index < -0.39 is 0 Å². The quantitative estimate of drug-likeness (QED) is 0.0224. The van der Waals surface area contributed by atoms with Gasteiger partial charge in [-0.25, -0.2) is 0 Å². The number of rotatable bonds is 46. The first-order valence-electron chi connectivity index (χ1n) is 46.8. The molecule has 4 aliphatic heterocycles. The van der Waals surface area contributed by atoms with Crippen molar-refractivity contribution in [2.24, 2.45) is 0 Å². The van der Waals surface area contributed by atoms with Gasteiger partial charge in [-0.05, 0) is 214 Å². The molecule has 0 spiro atoms. The van der Waals surface area contributed by atoms with Crippen molar-refractivity contribution in [1.29, 1.82) is 0 Å². The van der Waals surface area contributed by atoms with Crippen molar-refractivity contribution in [3.8, 4) is 11.5 Å². The van der Waals surface area contributed by atoms with Crippen LogP contribution >= 0.6 is 94.1 Å². The summed E-state index contributed by atoms with van der Waals surface area (Å²) in [6, 6.07) is 52.5. The molecule has 0 atom stereocenters. The minimum atomic E-state index is -0.0882. The molecule has 6 aromatic carbocycles. The van der Waals surface area contributed by atoms with Gasteiger partial charge < -0.3 is 77.4 Å². The van der Waals surface area contributed by atoms with Crippen LogP contribution in [-0.4, -0.2) is 170 Å². The monoisotopic (exact) mass is 2100 g/mol. The number of phenols is 1. The molecule has 0 saturated carbocycles. The number of para-hydroxylation sites is 4. The number of thioether (sulfide) groups is 8. The number of nitrogens with zero attached hydrogens (tertiary/aromatic N) is 6. The molecule has 0 saturated heterocycles. The molecule has 1 N–H and O–H groups in total. The van der Waals surface area contributed by atoms with Crippen molar-refractivity contribution in [3.05, 3.63) is 262 Å². The van der Waals surface area contributed by atoms with E-state index >= 15 is 0 Å². The van der Waals surface area contributed by atoms with E-state index in [1.165, 1.54) is 188 Å². The van der Waals surface area contributed by atoms with Gasteiger partial charge >= 0.3 is 0 Å². The van der Waals surface area contributed by atoms with Crippen molar-refractivity contribution in [3.63, 3.8) is 0 Å². The number of fused-ring (bicyclic) bond motifs is 4. The Hall–Kier alpha value is -4.36. The van der Waals surface area contributed by atoms with Crippen LogP contribution in [0.1, 0.15) is 212 Å². The van der Waals surface area contributed by atoms with Crippen LogP contribution in [0.25, 0.3) is 0 Å². The van der Waals surface area contributed by atoms with Crippen LogP contribution < -0.4 is 72.3 Å². The van der Waals surface area contributed by atoms with Gasteiger partial charge in [0.1, 0.15) is 30.3 Å².